The molecular formula is C21H48O6Si3. The van der Waals surface area contributed by atoms with Crippen LogP contribution in [0.4, 0.5) is 0 Å². The van der Waals surface area contributed by atoms with Crippen molar-refractivity contribution < 1.29 is 26.6 Å². The average Bonchev–Trinajstić information content (AvgIpc) is 2.66. The Morgan fingerprint density at radius 3 is 0.933 bits per heavy atom. The van der Waals surface area contributed by atoms with Crippen LogP contribution in [0.3, 0.4) is 0 Å². The second-order valence-corrected chi connectivity index (χ2v) is 19.9. The molecule has 180 valence electrons. The van der Waals surface area contributed by atoms with Gasteiger partial charge in [0.1, 0.15) is 0 Å². The van der Waals surface area contributed by atoms with Gasteiger partial charge >= 0.3 is 25.7 Å². The minimum absolute atomic E-state index is 0.838. The minimum Gasteiger partial charge on any atom is -0.416 e. The van der Waals surface area contributed by atoms with Gasteiger partial charge in [0.15, 0.2) is 0 Å². The molecule has 0 saturated carbocycles. The lowest BCUT2D eigenvalue weighted by Gasteiger charge is -2.50. The topological polar surface area (TPSA) is 55.4 Å². The van der Waals surface area contributed by atoms with Crippen LogP contribution in [0, 0.1) is 0 Å². The Labute approximate surface area is 189 Å². The van der Waals surface area contributed by atoms with E-state index in [1.54, 1.807) is 21.3 Å². The molecule has 1 rings (SSSR count). The zero-order valence-electron chi connectivity index (χ0n) is 20.6. The van der Waals surface area contributed by atoms with Gasteiger partial charge in [-0.2, -0.15) is 0 Å². The van der Waals surface area contributed by atoms with Gasteiger partial charge in [-0.3, -0.25) is 0 Å². The van der Waals surface area contributed by atoms with Gasteiger partial charge in [0.05, 0.1) is 0 Å². The van der Waals surface area contributed by atoms with Gasteiger partial charge in [-0.25, -0.2) is 0 Å². The number of hydrogen-bond acceptors (Lipinski definition) is 6. The fraction of sp³-hybridized carbons (Fsp3) is 1.00. The van der Waals surface area contributed by atoms with E-state index in [-0.39, 0.29) is 0 Å². The van der Waals surface area contributed by atoms with Crippen molar-refractivity contribution in [1.82, 2.24) is 0 Å². The Morgan fingerprint density at radius 2 is 0.700 bits per heavy atom. The summed E-state index contributed by atoms with van der Waals surface area (Å²) in [6, 6.07) is 3.20. The molecule has 0 aromatic carbocycles. The normalized spacial score (nSPS) is 29.4. The third kappa shape index (κ3) is 11.9. The maximum atomic E-state index is 6.80. The largest absolute Gasteiger partial charge is 0.416 e. The van der Waals surface area contributed by atoms with Crippen molar-refractivity contribution in [2.75, 3.05) is 41.2 Å². The van der Waals surface area contributed by atoms with Crippen LogP contribution in [0.5, 0.6) is 0 Å². The summed E-state index contributed by atoms with van der Waals surface area (Å²) in [5, 5.41) is 0. The van der Waals surface area contributed by atoms with Crippen LogP contribution in [-0.2, 0) is 26.6 Å². The predicted molar refractivity (Wildman–Crippen MR) is 130 cm³/mol. The fourth-order valence-electron chi connectivity index (χ4n) is 4.35. The summed E-state index contributed by atoms with van der Waals surface area (Å²) in [6.45, 7) is 9.38. The molecule has 1 aliphatic heterocycles. The van der Waals surface area contributed by atoms with E-state index in [0.717, 1.165) is 76.5 Å². The molecule has 0 N–H and O–H groups in total. The Morgan fingerprint density at radius 1 is 0.433 bits per heavy atom. The molecule has 0 aromatic heterocycles. The van der Waals surface area contributed by atoms with Gasteiger partial charge in [0, 0.05) is 41.2 Å². The lowest BCUT2D eigenvalue weighted by molar-refractivity contribution is 0.189. The predicted octanol–water partition coefficient (Wildman–Crippen LogP) is 5.72. The molecule has 1 aliphatic rings. The van der Waals surface area contributed by atoms with E-state index in [9.17, 15) is 0 Å². The van der Waals surface area contributed by atoms with Crippen LogP contribution in [0.25, 0.3) is 0 Å². The molecule has 0 unspecified atom stereocenters. The smallest absolute Gasteiger partial charge is 0.317 e. The maximum Gasteiger partial charge on any atom is 0.317 e. The van der Waals surface area contributed by atoms with E-state index >= 15 is 0 Å². The zero-order valence-corrected chi connectivity index (χ0v) is 23.6. The zero-order chi connectivity index (χ0) is 22.3. The standard InChI is InChI=1S/C21H48O6Si3/c1-22-16-10-7-13-19-28(4)25-29(5,20-14-8-11-17-23-2)27-30(6,26-28)21-15-9-12-18-24-3/h7-21H2,1-6H3. The molecule has 6 nitrogen and oxygen atoms in total. The SMILES string of the molecule is COCCCCC[Si]1(C)O[Si](C)(CCCCCOC)O[Si](C)(CCCCCOC)O1. The number of hydrogen-bond donors (Lipinski definition) is 0. The van der Waals surface area contributed by atoms with E-state index in [1.807, 2.05) is 0 Å². The summed E-state index contributed by atoms with van der Waals surface area (Å²) in [5.74, 6) is 0. The van der Waals surface area contributed by atoms with E-state index in [0.29, 0.717) is 0 Å². The summed E-state index contributed by atoms with van der Waals surface area (Å²) in [7, 11) is -1.31. The van der Waals surface area contributed by atoms with Crippen molar-refractivity contribution in [3.63, 3.8) is 0 Å². The van der Waals surface area contributed by atoms with Gasteiger partial charge in [-0.1, -0.05) is 38.5 Å². The first-order valence-corrected chi connectivity index (χ1v) is 19.4. The Hall–Kier alpha value is 0.411. The van der Waals surface area contributed by atoms with E-state index < -0.39 is 25.7 Å². The monoisotopic (exact) mass is 480 g/mol. The highest BCUT2D eigenvalue weighted by atomic mass is 28.5. The van der Waals surface area contributed by atoms with Crippen LogP contribution in [0.2, 0.25) is 37.8 Å². The van der Waals surface area contributed by atoms with Gasteiger partial charge < -0.3 is 26.6 Å². The molecule has 0 bridgehead atoms. The summed E-state index contributed by atoms with van der Waals surface area (Å²) < 4.78 is 36.0. The number of ether oxygens (including phenoxy) is 3. The second-order valence-electron chi connectivity index (χ2n) is 9.12. The lowest BCUT2D eigenvalue weighted by atomic mass is 10.3. The average molecular weight is 481 g/mol. The molecule has 9 heteroatoms. The minimum atomic E-state index is -2.21. The van der Waals surface area contributed by atoms with E-state index in [4.69, 9.17) is 26.6 Å². The van der Waals surface area contributed by atoms with Crippen molar-refractivity contribution in [2.24, 2.45) is 0 Å². The Kier molecular flexibility index (Phi) is 14.5. The number of methoxy groups -OCH3 is 3. The fourth-order valence-corrected chi connectivity index (χ4v) is 22.1. The summed E-state index contributed by atoms with van der Waals surface area (Å²) in [6.07, 6.45) is 10.3. The molecule has 1 saturated heterocycles. The van der Waals surface area contributed by atoms with Crippen LogP contribution < -0.4 is 0 Å². The molecular weight excluding hydrogens is 432 g/mol. The third-order valence-electron chi connectivity index (χ3n) is 5.73. The van der Waals surface area contributed by atoms with Crippen LogP contribution in [0.15, 0.2) is 0 Å². The van der Waals surface area contributed by atoms with Crippen molar-refractivity contribution in [2.45, 2.75) is 95.6 Å². The molecule has 0 atom stereocenters. The van der Waals surface area contributed by atoms with Crippen molar-refractivity contribution >= 4 is 25.7 Å². The molecule has 0 aliphatic carbocycles. The molecule has 1 fully saturated rings. The quantitative estimate of drug-likeness (QED) is 0.185. The van der Waals surface area contributed by atoms with Crippen molar-refractivity contribution in [3.8, 4) is 0 Å². The highest BCUT2D eigenvalue weighted by Gasteiger charge is 2.55. The summed E-state index contributed by atoms with van der Waals surface area (Å²) >= 11 is 0. The van der Waals surface area contributed by atoms with Crippen molar-refractivity contribution in [3.05, 3.63) is 0 Å². The molecule has 0 radical (unpaired) electrons. The molecule has 0 spiro atoms. The molecule has 0 aromatic rings. The van der Waals surface area contributed by atoms with Crippen molar-refractivity contribution in [1.29, 1.82) is 0 Å². The third-order valence-corrected chi connectivity index (χ3v) is 19.9. The van der Waals surface area contributed by atoms with Gasteiger partial charge in [-0.05, 0) is 57.0 Å². The molecule has 0 amide bonds. The Bertz CT molecular complexity index is 373. The first-order valence-electron chi connectivity index (χ1n) is 11.9. The van der Waals surface area contributed by atoms with Gasteiger partial charge in [0.25, 0.3) is 0 Å². The first-order chi connectivity index (χ1) is 14.3. The van der Waals surface area contributed by atoms with E-state index in [2.05, 4.69) is 19.6 Å². The maximum absolute atomic E-state index is 6.80. The second kappa shape index (κ2) is 15.3. The highest BCUT2D eigenvalue weighted by Crippen LogP contribution is 2.39. The van der Waals surface area contributed by atoms with Crippen LogP contribution >= 0.6 is 0 Å². The van der Waals surface area contributed by atoms with Crippen LogP contribution in [0.1, 0.15) is 57.8 Å². The highest BCUT2D eigenvalue weighted by molar-refractivity contribution is 6.93. The lowest BCUT2D eigenvalue weighted by Crippen LogP contribution is -2.67. The van der Waals surface area contributed by atoms with Crippen LogP contribution in [-0.4, -0.2) is 66.8 Å². The van der Waals surface area contributed by atoms with Gasteiger partial charge in [-0.15, -0.1) is 0 Å². The van der Waals surface area contributed by atoms with E-state index in [1.165, 1.54) is 19.3 Å². The summed E-state index contributed by atoms with van der Waals surface area (Å²) in [4.78, 5) is 0. The Balaban J connectivity index is 2.69. The summed E-state index contributed by atoms with van der Waals surface area (Å²) in [5.41, 5.74) is 0. The number of unbranched alkanes of at least 4 members (excludes halogenated alkanes) is 6. The van der Waals surface area contributed by atoms with Gasteiger partial charge in [0.2, 0.25) is 0 Å². The number of rotatable bonds is 18. The molecule has 30 heavy (non-hydrogen) atoms. The first kappa shape index (κ1) is 28.4. The molecule has 1 heterocycles.